The minimum Gasteiger partial charge on any atom is -0.385 e. The van der Waals surface area contributed by atoms with Crippen LogP contribution in [0.5, 0.6) is 0 Å². The average molecular weight is 263 g/mol. The van der Waals surface area contributed by atoms with Crippen LogP contribution in [0.4, 0.5) is 13.2 Å². The van der Waals surface area contributed by atoms with Crippen molar-refractivity contribution in [3.05, 3.63) is 29.6 Å². The van der Waals surface area contributed by atoms with Crippen molar-refractivity contribution in [2.75, 3.05) is 6.61 Å². The SMILES string of the molecule is CCOC(C)(C)C(O)c1cnccc1C(F)(F)F. The van der Waals surface area contributed by atoms with E-state index in [4.69, 9.17) is 4.74 Å². The fourth-order valence-electron chi connectivity index (χ4n) is 1.71. The van der Waals surface area contributed by atoms with Crippen LogP contribution in [0.1, 0.15) is 38.0 Å². The second-order valence-corrected chi connectivity index (χ2v) is 4.40. The molecule has 0 aliphatic heterocycles. The molecule has 0 saturated carbocycles. The highest BCUT2D eigenvalue weighted by molar-refractivity contribution is 5.29. The Bertz CT molecular complexity index is 405. The molecule has 0 radical (unpaired) electrons. The first-order valence-corrected chi connectivity index (χ1v) is 5.53. The summed E-state index contributed by atoms with van der Waals surface area (Å²) in [7, 11) is 0. The molecule has 102 valence electrons. The van der Waals surface area contributed by atoms with Crippen molar-refractivity contribution in [3.63, 3.8) is 0 Å². The van der Waals surface area contributed by atoms with Crippen LogP contribution in [0, 0.1) is 0 Å². The van der Waals surface area contributed by atoms with Crippen LogP contribution in [-0.4, -0.2) is 22.3 Å². The van der Waals surface area contributed by atoms with Gasteiger partial charge in [-0.1, -0.05) is 0 Å². The second kappa shape index (κ2) is 5.24. The minimum absolute atomic E-state index is 0.275. The van der Waals surface area contributed by atoms with Crippen molar-refractivity contribution in [1.29, 1.82) is 0 Å². The number of halogens is 3. The van der Waals surface area contributed by atoms with Crippen LogP contribution in [0.2, 0.25) is 0 Å². The number of pyridine rings is 1. The number of rotatable bonds is 4. The smallest absolute Gasteiger partial charge is 0.385 e. The molecule has 0 spiro atoms. The van der Waals surface area contributed by atoms with E-state index in [-0.39, 0.29) is 5.56 Å². The quantitative estimate of drug-likeness (QED) is 0.908. The lowest BCUT2D eigenvalue weighted by molar-refractivity contribution is -0.143. The van der Waals surface area contributed by atoms with Gasteiger partial charge in [-0.3, -0.25) is 4.98 Å². The van der Waals surface area contributed by atoms with E-state index in [2.05, 4.69) is 4.98 Å². The van der Waals surface area contributed by atoms with Crippen molar-refractivity contribution in [1.82, 2.24) is 4.98 Å². The molecule has 1 heterocycles. The normalized spacial score (nSPS) is 14.6. The van der Waals surface area contributed by atoms with Crippen LogP contribution in [0.15, 0.2) is 18.5 Å². The predicted molar refractivity (Wildman–Crippen MR) is 59.9 cm³/mol. The first kappa shape index (κ1) is 14.9. The molecular weight excluding hydrogens is 247 g/mol. The van der Waals surface area contributed by atoms with Gasteiger partial charge >= 0.3 is 6.18 Å². The summed E-state index contributed by atoms with van der Waals surface area (Å²) in [6.07, 6.45) is -3.86. The lowest BCUT2D eigenvalue weighted by atomic mass is 9.92. The zero-order valence-corrected chi connectivity index (χ0v) is 10.5. The summed E-state index contributed by atoms with van der Waals surface area (Å²) >= 11 is 0. The largest absolute Gasteiger partial charge is 0.416 e. The van der Waals surface area contributed by atoms with E-state index in [1.807, 2.05) is 0 Å². The molecule has 1 atom stereocenters. The standard InChI is InChI=1S/C12H16F3NO2/c1-4-18-11(2,3)10(17)8-7-16-6-5-9(8)12(13,14)15/h5-7,10,17H,4H2,1-3H3. The van der Waals surface area contributed by atoms with Crippen molar-refractivity contribution in [2.24, 2.45) is 0 Å². The summed E-state index contributed by atoms with van der Waals surface area (Å²) in [4.78, 5) is 3.64. The number of hydrogen-bond acceptors (Lipinski definition) is 3. The van der Waals surface area contributed by atoms with Crippen LogP contribution in [0.3, 0.4) is 0 Å². The van der Waals surface area contributed by atoms with Crippen LogP contribution in [0.25, 0.3) is 0 Å². The topological polar surface area (TPSA) is 42.4 Å². The molecule has 1 aromatic heterocycles. The third kappa shape index (κ3) is 3.20. The Morgan fingerprint density at radius 3 is 2.50 bits per heavy atom. The summed E-state index contributed by atoms with van der Waals surface area (Å²) in [5, 5.41) is 10.1. The maximum atomic E-state index is 12.8. The zero-order valence-electron chi connectivity index (χ0n) is 10.5. The Morgan fingerprint density at radius 2 is 2.00 bits per heavy atom. The molecule has 1 N–H and O–H groups in total. The van der Waals surface area contributed by atoms with Crippen molar-refractivity contribution >= 4 is 0 Å². The van der Waals surface area contributed by atoms with Crippen LogP contribution >= 0.6 is 0 Å². The molecular formula is C12H16F3NO2. The highest BCUT2D eigenvalue weighted by Gasteiger charge is 2.39. The van der Waals surface area contributed by atoms with E-state index < -0.39 is 23.4 Å². The number of ether oxygens (including phenoxy) is 1. The fourth-order valence-corrected chi connectivity index (χ4v) is 1.71. The zero-order chi connectivity index (χ0) is 14.0. The monoisotopic (exact) mass is 263 g/mol. The van der Waals surface area contributed by atoms with Crippen LogP contribution in [-0.2, 0) is 10.9 Å². The number of aliphatic hydroxyl groups excluding tert-OH is 1. The van der Waals surface area contributed by atoms with E-state index in [9.17, 15) is 18.3 Å². The first-order valence-electron chi connectivity index (χ1n) is 5.53. The Labute approximate surface area is 104 Å². The fraction of sp³-hybridized carbons (Fsp3) is 0.583. The number of aliphatic hydroxyl groups is 1. The molecule has 0 aliphatic rings. The Balaban J connectivity index is 3.17. The number of nitrogens with zero attached hydrogens (tertiary/aromatic N) is 1. The molecule has 1 rings (SSSR count). The third-order valence-corrected chi connectivity index (χ3v) is 2.63. The molecule has 0 aliphatic carbocycles. The highest BCUT2D eigenvalue weighted by Crippen LogP contribution is 2.38. The molecule has 1 aromatic rings. The van der Waals surface area contributed by atoms with Gasteiger partial charge in [-0.05, 0) is 26.8 Å². The van der Waals surface area contributed by atoms with Gasteiger partial charge in [-0.15, -0.1) is 0 Å². The van der Waals surface area contributed by atoms with E-state index in [1.54, 1.807) is 6.92 Å². The van der Waals surface area contributed by atoms with Gasteiger partial charge in [0.05, 0.1) is 11.2 Å². The van der Waals surface area contributed by atoms with Gasteiger partial charge in [0.2, 0.25) is 0 Å². The molecule has 1 unspecified atom stereocenters. The van der Waals surface area contributed by atoms with Crippen molar-refractivity contribution in [2.45, 2.75) is 38.7 Å². The lowest BCUT2D eigenvalue weighted by Gasteiger charge is -2.31. The maximum Gasteiger partial charge on any atom is 0.416 e. The lowest BCUT2D eigenvalue weighted by Crippen LogP contribution is -2.34. The molecule has 0 fully saturated rings. The third-order valence-electron chi connectivity index (χ3n) is 2.63. The number of alkyl halides is 3. The highest BCUT2D eigenvalue weighted by atomic mass is 19.4. The van der Waals surface area contributed by atoms with Crippen molar-refractivity contribution < 1.29 is 23.0 Å². The predicted octanol–water partition coefficient (Wildman–Crippen LogP) is 2.95. The van der Waals surface area contributed by atoms with Gasteiger partial charge in [0.15, 0.2) is 0 Å². The summed E-state index contributed by atoms with van der Waals surface area (Å²) in [6, 6.07) is 0.848. The average Bonchev–Trinajstić information content (AvgIpc) is 2.27. The molecule has 3 nitrogen and oxygen atoms in total. The van der Waals surface area contributed by atoms with Gasteiger partial charge in [0.25, 0.3) is 0 Å². The molecule has 6 heteroatoms. The van der Waals surface area contributed by atoms with Gasteiger partial charge in [-0.25, -0.2) is 0 Å². The van der Waals surface area contributed by atoms with E-state index in [0.29, 0.717) is 6.61 Å². The van der Waals surface area contributed by atoms with Gasteiger partial charge in [-0.2, -0.15) is 13.2 Å². The van der Waals surface area contributed by atoms with Gasteiger partial charge in [0.1, 0.15) is 6.10 Å². The minimum atomic E-state index is -4.53. The summed E-state index contributed by atoms with van der Waals surface area (Å²) < 4.78 is 43.7. The van der Waals surface area contributed by atoms with Gasteiger partial charge < -0.3 is 9.84 Å². The first-order chi connectivity index (χ1) is 8.20. The summed E-state index contributed by atoms with van der Waals surface area (Å²) in [5.74, 6) is 0. The van der Waals surface area contributed by atoms with Crippen LogP contribution < -0.4 is 0 Å². The van der Waals surface area contributed by atoms with E-state index >= 15 is 0 Å². The Kier molecular flexibility index (Phi) is 4.34. The molecule has 18 heavy (non-hydrogen) atoms. The Hall–Kier alpha value is -1.14. The van der Waals surface area contributed by atoms with Crippen molar-refractivity contribution in [3.8, 4) is 0 Å². The molecule has 0 bridgehead atoms. The van der Waals surface area contributed by atoms with E-state index in [0.717, 1.165) is 18.5 Å². The second-order valence-electron chi connectivity index (χ2n) is 4.40. The summed E-state index contributed by atoms with van der Waals surface area (Å²) in [6.45, 7) is 5.08. The van der Waals surface area contributed by atoms with Gasteiger partial charge in [0, 0.05) is 24.6 Å². The Morgan fingerprint density at radius 1 is 1.39 bits per heavy atom. The van der Waals surface area contributed by atoms with E-state index in [1.165, 1.54) is 13.8 Å². The molecule has 0 saturated heterocycles. The number of aromatic nitrogens is 1. The molecule has 0 aromatic carbocycles. The maximum absolute atomic E-state index is 12.8. The molecule has 0 amide bonds. The summed E-state index contributed by atoms with van der Waals surface area (Å²) in [5.41, 5.74) is -2.28. The number of hydrogen-bond donors (Lipinski definition) is 1.